The Kier molecular flexibility index (Phi) is 5.72. The van der Waals surface area contributed by atoms with Gasteiger partial charge in [0.05, 0.1) is 10.0 Å². The number of halogens is 3. The first-order valence-electron chi connectivity index (χ1n) is 5.76. The number of nitrogens with zero attached hydrogens (tertiary/aromatic N) is 1. The minimum absolute atomic E-state index is 0.0750. The molecular weight excluding hydrogens is 405 g/mol. The van der Waals surface area contributed by atoms with Crippen molar-refractivity contribution >= 4 is 55.1 Å². The Balaban J connectivity index is 3.54. The van der Waals surface area contributed by atoms with Gasteiger partial charge >= 0.3 is 5.97 Å². The summed E-state index contributed by atoms with van der Waals surface area (Å²) < 4.78 is 26.9. The second-order valence-electron chi connectivity index (χ2n) is 5.27. The molecule has 1 aromatic carbocycles. The van der Waals surface area contributed by atoms with Crippen molar-refractivity contribution in [1.29, 1.82) is 0 Å². The van der Waals surface area contributed by atoms with Gasteiger partial charge in [-0.3, -0.25) is 4.79 Å². The van der Waals surface area contributed by atoms with Gasteiger partial charge in [0, 0.05) is 10.0 Å². The lowest BCUT2D eigenvalue weighted by molar-refractivity contribution is -0.138. The van der Waals surface area contributed by atoms with Crippen LogP contribution in [0.3, 0.4) is 0 Å². The quantitative estimate of drug-likeness (QED) is 0.809. The number of carboxylic acid groups (broad SMARTS) is 1. The van der Waals surface area contributed by atoms with E-state index in [0.717, 1.165) is 4.31 Å². The highest BCUT2D eigenvalue weighted by Gasteiger charge is 2.38. The number of benzene rings is 1. The summed E-state index contributed by atoms with van der Waals surface area (Å²) in [4.78, 5) is 10.7. The zero-order valence-corrected chi connectivity index (χ0v) is 15.4. The highest BCUT2D eigenvalue weighted by Crippen LogP contribution is 2.36. The lowest BCUT2D eigenvalue weighted by Crippen LogP contribution is -2.48. The third kappa shape index (κ3) is 4.32. The molecule has 5 nitrogen and oxygen atoms in total. The van der Waals surface area contributed by atoms with Gasteiger partial charge in [-0.05, 0) is 32.9 Å². The van der Waals surface area contributed by atoms with E-state index < -0.39 is 28.1 Å². The molecule has 1 N–H and O–H groups in total. The van der Waals surface area contributed by atoms with Crippen molar-refractivity contribution in [3.63, 3.8) is 0 Å². The molecule has 0 heterocycles. The maximum atomic E-state index is 12.7. The summed E-state index contributed by atoms with van der Waals surface area (Å²) in [6, 6.07) is 2.78. The van der Waals surface area contributed by atoms with Crippen molar-refractivity contribution in [3.05, 3.63) is 26.7 Å². The van der Waals surface area contributed by atoms with Crippen molar-refractivity contribution in [2.45, 2.75) is 31.2 Å². The minimum Gasteiger partial charge on any atom is -0.480 e. The van der Waals surface area contributed by atoms with Crippen molar-refractivity contribution < 1.29 is 18.3 Å². The predicted octanol–water partition coefficient (Wildman–Crippen LogP) is 3.63. The second kappa shape index (κ2) is 6.42. The van der Waals surface area contributed by atoms with E-state index in [1.807, 2.05) is 0 Å². The van der Waals surface area contributed by atoms with E-state index in [2.05, 4.69) is 15.9 Å². The molecule has 0 aliphatic rings. The molecule has 118 valence electrons. The van der Waals surface area contributed by atoms with Crippen molar-refractivity contribution in [3.8, 4) is 0 Å². The molecule has 0 atom stereocenters. The number of hydrogen-bond donors (Lipinski definition) is 1. The molecule has 0 saturated heterocycles. The van der Waals surface area contributed by atoms with Crippen LogP contribution in [0, 0.1) is 0 Å². The van der Waals surface area contributed by atoms with Crippen LogP contribution in [0.1, 0.15) is 20.8 Å². The summed E-state index contributed by atoms with van der Waals surface area (Å²) in [5, 5.41) is 8.81. The van der Waals surface area contributed by atoms with Gasteiger partial charge in [0.2, 0.25) is 10.0 Å². The SMILES string of the molecule is CC(C)(C)N(CC(=O)O)S(=O)(=O)c1c(Cl)cc(Br)cc1Cl. The molecule has 0 amide bonds. The summed E-state index contributed by atoms with van der Waals surface area (Å²) >= 11 is 15.1. The Morgan fingerprint density at radius 3 is 2.05 bits per heavy atom. The Hall–Kier alpha value is -0.340. The summed E-state index contributed by atoms with van der Waals surface area (Å²) in [6.07, 6.45) is 0. The standard InChI is InChI=1S/C12H14BrCl2NO4S/c1-12(2,3)16(6-10(17)18)21(19,20)11-8(14)4-7(13)5-9(11)15/h4-5H,6H2,1-3H3,(H,17,18). The van der Waals surface area contributed by atoms with Gasteiger partial charge in [-0.25, -0.2) is 8.42 Å². The fourth-order valence-corrected chi connectivity index (χ4v) is 5.32. The van der Waals surface area contributed by atoms with E-state index in [0.29, 0.717) is 4.47 Å². The van der Waals surface area contributed by atoms with Gasteiger partial charge in [0.15, 0.2) is 0 Å². The Labute approximate surface area is 142 Å². The van der Waals surface area contributed by atoms with E-state index in [1.165, 1.54) is 12.1 Å². The molecule has 0 bridgehead atoms. The van der Waals surface area contributed by atoms with Gasteiger partial charge in [0.25, 0.3) is 0 Å². The number of rotatable bonds is 4. The predicted molar refractivity (Wildman–Crippen MR) is 85.4 cm³/mol. The maximum Gasteiger partial charge on any atom is 0.318 e. The molecule has 0 saturated carbocycles. The van der Waals surface area contributed by atoms with Crippen LogP contribution in [-0.2, 0) is 14.8 Å². The van der Waals surface area contributed by atoms with E-state index in [1.54, 1.807) is 20.8 Å². The van der Waals surface area contributed by atoms with Gasteiger partial charge in [-0.15, -0.1) is 0 Å². The van der Waals surface area contributed by atoms with Gasteiger partial charge in [0.1, 0.15) is 11.4 Å². The number of sulfonamides is 1. The molecule has 1 aromatic rings. The van der Waals surface area contributed by atoms with Crippen LogP contribution in [0.15, 0.2) is 21.5 Å². The van der Waals surface area contributed by atoms with E-state index in [9.17, 15) is 13.2 Å². The van der Waals surface area contributed by atoms with Crippen LogP contribution >= 0.6 is 39.1 Å². The van der Waals surface area contributed by atoms with Gasteiger partial charge in [-0.2, -0.15) is 4.31 Å². The molecule has 9 heteroatoms. The molecule has 0 unspecified atom stereocenters. The van der Waals surface area contributed by atoms with E-state index >= 15 is 0 Å². The molecule has 0 aromatic heterocycles. The van der Waals surface area contributed by atoms with Crippen molar-refractivity contribution in [2.24, 2.45) is 0 Å². The molecule has 0 aliphatic heterocycles. The average molecular weight is 419 g/mol. The second-order valence-corrected chi connectivity index (χ2v) is 8.80. The Morgan fingerprint density at radius 1 is 1.29 bits per heavy atom. The van der Waals surface area contributed by atoms with Crippen LogP contribution in [0.25, 0.3) is 0 Å². The van der Waals surface area contributed by atoms with Crippen LogP contribution in [0.4, 0.5) is 0 Å². The topological polar surface area (TPSA) is 74.7 Å². The molecule has 0 aliphatic carbocycles. The number of hydrogen-bond acceptors (Lipinski definition) is 3. The fraction of sp³-hybridized carbons (Fsp3) is 0.417. The first-order valence-corrected chi connectivity index (χ1v) is 8.75. The Morgan fingerprint density at radius 2 is 1.71 bits per heavy atom. The molecule has 0 radical (unpaired) electrons. The average Bonchev–Trinajstić information content (AvgIpc) is 2.21. The van der Waals surface area contributed by atoms with Gasteiger partial charge < -0.3 is 5.11 Å². The smallest absolute Gasteiger partial charge is 0.318 e. The molecule has 0 spiro atoms. The number of carbonyl (C=O) groups is 1. The van der Waals surface area contributed by atoms with Crippen LogP contribution in [0.2, 0.25) is 10.0 Å². The summed E-state index contributed by atoms with van der Waals surface area (Å²) in [5.74, 6) is -1.27. The first-order chi connectivity index (χ1) is 9.37. The zero-order chi connectivity index (χ0) is 16.6. The summed E-state index contributed by atoms with van der Waals surface area (Å²) in [5.41, 5.74) is -0.947. The zero-order valence-electron chi connectivity index (χ0n) is 11.5. The third-order valence-electron chi connectivity index (χ3n) is 2.54. The maximum absolute atomic E-state index is 12.7. The Bertz CT molecular complexity index is 647. The van der Waals surface area contributed by atoms with Crippen molar-refractivity contribution in [2.75, 3.05) is 6.54 Å². The monoisotopic (exact) mass is 417 g/mol. The molecule has 21 heavy (non-hydrogen) atoms. The van der Waals surface area contributed by atoms with Crippen LogP contribution in [0.5, 0.6) is 0 Å². The van der Waals surface area contributed by atoms with Crippen LogP contribution in [-0.4, -0.2) is 35.9 Å². The number of carboxylic acids is 1. The fourth-order valence-electron chi connectivity index (χ4n) is 1.69. The van der Waals surface area contributed by atoms with Gasteiger partial charge in [-0.1, -0.05) is 39.1 Å². The first kappa shape index (κ1) is 18.7. The highest BCUT2D eigenvalue weighted by molar-refractivity contribution is 9.10. The molecule has 1 rings (SSSR count). The largest absolute Gasteiger partial charge is 0.480 e. The van der Waals surface area contributed by atoms with E-state index in [4.69, 9.17) is 28.3 Å². The normalized spacial score (nSPS) is 12.7. The molecule has 0 fully saturated rings. The lowest BCUT2D eigenvalue weighted by Gasteiger charge is -2.33. The molecular formula is C12H14BrCl2NO4S. The lowest BCUT2D eigenvalue weighted by atomic mass is 10.1. The summed E-state index contributed by atoms with van der Waals surface area (Å²) in [7, 11) is -4.16. The number of aliphatic carboxylic acids is 1. The van der Waals surface area contributed by atoms with Crippen LogP contribution < -0.4 is 0 Å². The van der Waals surface area contributed by atoms with Crippen molar-refractivity contribution in [1.82, 2.24) is 4.31 Å². The summed E-state index contributed by atoms with van der Waals surface area (Å²) in [6.45, 7) is 4.09. The minimum atomic E-state index is -4.16. The van der Waals surface area contributed by atoms with E-state index in [-0.39, 0.29) is 14.9 Å². The third-order valence-corrected chi connectivity index (χ3v) is 6.03. The highest BCUT2D eigenvalue weighted by atomic mass is 79.9.